The Hall–Kier alpha value is -2.37. The van der Waals surface area contributed by atoms with Gasteiger partial charge in [-0.05, 0) is 12.1 Å². The van der Waals surface area contributed by atoms with Gasteiger partial charge in [-0.3, -0.25) is 0 Å². The first kappa shape index (κ1) is 12.1. The van der Waals surface area contributed by atoms with E-state index in [1.54, 1.807) is 19.1 Å². The summed E-state index contributed by atoms with van der Waals surface area (Å²) in [6, 6.07) is 7.22. The second-order valence-electron chi connectivity index (χ2n) is 4.04. The maximum absolute atomic E-state index is 11.8. The van der Waals surface area contributed by atoms with Gasteiger partial charge < -0.3 is 14.6 Å². The van der Waals surface area contributed by atoms with Crippen LogP contribution in [0.1, 0.15) is 11.7 Å². The average molecular weight is 246 g/mol. The van der Waals surface area contributed by atoms with Crippen LogP contribution in [0.25, 0.3) is 0 Å². The second-order valence-corrected chi connectivity index (χ2v) is 4.04. The van der Waals surface area contributed by atoms with Gasteiger partial charge in [-0.2, -0.15) is 9.72 Å². The van der Waals surface area contributed by atoms with Crippen LogP contribution >= 0.6 is 0 Å². The molecule has 6 heteroatoms. The van der Waals surface area contributed by atoms with E-state index in [4.69, 9.17) is 4.52 Å². The van der Waals surface area contributed by atoms with Crippen LogP contribution < -0.4 is 4.90 Å². The Morgan fingerprint density at radius 1 is 1.28 bits per heavy atom. The van der Waals surface area contributed by atoms with E-state index in [0.717, 1.165) is 5.69 Å². The highest BCUT2D eigenvalue weighted by Crippen LogP contribution is 2.17. The topological polar surface area (TPSA) is 68.2 Å². The van der Waals surface area contributed by atoms with Crippen molar-refractivity contribution in [1.82, 2.24) is 10.1 Å². The van der Waals surface area contributed by atoms with Gasteiger partial charge in [0, 0.05) is 38.8 Å². The summed E-state index contributed by atoms with van der Waals surface area (Å²) in [4.78, 5) is 5.90. The summed E-state index contributed by atoms with van der Waals surface area (Å²) >= 11 is 0. The lowest BCUT2D eigenvalue weighted by molar-refractivity contribution is -0.354. The molecule has 0 saturated carbocycles. The number of hydrogen-bond acceptors (Lipinski definition) is 5. The SMILES string of the molecule is Cc1nc(/C=[N+](\[O-])c2ccc(N(C)C)cc2)no1. The Labute approximate surface area is 105 Å². The molecule has 94 valence electrons. The molecule has 0 aliphatic carbocycles. The summed E-state index contributed by atoms with van der Waals surface area (Å²) in [5.41, 5.74) is 1.55. The van der Waals surface area contributed by atoms with Crippen LogP contribution in [0.3, 0.4) is 0 Å². The molecule has 0 atom stereocenters. The lowest BCUT2D eigenvalue weighted by Crippen LogP contribution is -2.08. The number of rotatable bonds is 3. The molecule has 1 aromatic carbocycles. The minimum Gasteiger partial charge on any atom is -0.618 e. The predicted molar refractivity (Wildman–Crippen MR) is 68.3 cm³/mol. The van der Waals surface area contributed by atoms with Crippen LogP contribution in [-0.4, -0.2) is 35.2 Å². The summed E-state index contributed by atoms with van der Waals surface area (Å²) in [6.45, 7) is 1.67. The van der Waals surface area contributed by atoms with Crippen LogP contribution in [0, 0.1) is 12.1 Å². The molecule has 6 nitrogen and oxygen atoms in total. The predicted octanol–water partition coefficient (Wildman–Crippen LogP) is 1.70. The van der Waals surface area contributed by atoms with Crippen molar-refractivity contribution in [2.45, 2.75) is 6.92 Å². The molecule has 0 radical (unpaired) electrons. The Morgan fingerprint density at radius 3 is 2.44 bits per heavy atom. The Bertz CT molecular complexity index is 558. The van der Waals surface area contributed by atoms with E-state index in [2.05, 4.69) is 10.1 Å². The van der Waals surface area contributed by atoms with Crippen molar-refractivity contribution in [3.8, 4) is 0 Å². The van der Waals surface area contributed by atoms with Crippen LogP contribution in [0.5, 0.6) is 0 Å². The molecule has 2 aromatic rings. The quantitative estimate of drug-likeness (QED) is 0.357. The molecule has 1 heterocycles. The number of hydrogen-bond donors (Lipinski definition) is 0. The molecule has 18 heavy (non-hydrogen) atoms. The average Bonchev–Trinajstić information content (AvgIpc) is 2.75. The lowest BCUT2D eigenvalue weighted by atomic mass is 10.2. The van der Waals surface area contributed by atoms with Gasteiger partial charge in [0.05, 0.1) is 0 Å². The van der Waals surface area contributed by atoms with E-state index >= 15 is 0 Å². The zero-order valence-corrected chi connectivity index (χ0v) is 10.5. The summed E-state index contributed by atoms with van der Waals surface area (Å²) in [6.07, 6.45) is 1.28. The first-order valence-corrected chi connectivity index (χ1v) is 5.45. The fourth-order valence-electron chi connectivity index (χ4n) is 1.44. The van der Waals surface area contributed by atoms with E-state index in [0.29, 0.717) is 16.3 Å². The molecular formula is C12H14N4O2. The standard InChI is InChI=1S/C12H14N4O2/c1-9-13-12(14-18-9)8-16(17)11-6-4-10(5-7-11)15(2)3/h4-8H,1-3H3/b16-8-. The fourth-order valence-corrected chi connectivity index (χ4v) is 1.44. The minimum atomic E-state index is 0.263. The normalized spacial score (nSPS) is 11.6. The highest BCUT2D eigenvalue weighted by molar-refractivity contribution is 5.70. The maximum Gasteiger partial charge on any atom is 0.260 e. The second kappa shape index (κ2) is 4.87. The van der Waals surface area contributed by atoms with Gasteiger partial charge in [-0.25, -0.2) is 0 Å². The fraction of sp³-hybridized carbons (Fsp3) is 0.250. The largest absolute Gasteiger partial charge is 0.618 e. The van der Waals surface area contributed by atoms with Crippen LogP contribution in [0.15, 0.2) is 28.8 Å². The van der Waals surface area contributed by atoms with Gasteiger partial charge in [-0.15, -0.1) is 0 Å². The van der Waals surface area contributed by atoms with Crippen molar-refractivity contribution < 1.29 is 9.26 Å². The van der Waals surface area contributed by atoms with Gasteiger partial charge >= 0.3 is 0 Å². The van der Waals surface area contributed by atoms with E-state index in [1.807, 2.05) is 31.1 Å². The Morgan fingerprint density at radius 2 is 1.94 bits per heavy atom. The highest BCUT2D eigenvalue weighted by atomic mass is 16.5. The smallest absolute Gasteiger partial charge is 0.260 e. The van der Waals surface area contributed by atoms with Crippen LogP contribution in [0.2, 0.25) is 0 Å². The maximum atomic E-state index is 11.8. The van der Waals surface area contributed by atoms with Crippen LogP contribution in [-0.2, 0) is 0 Å². The number of benzene rings is 1. The monoisotopic (exact) mass is 246 g/mol. The summed E-state index contributed by atoms with van der Waals surface area (Å²) in [5, 5.41) is 15.5. The molecular weight excluding hydrogens is 232 g/mol. The van der Waals surface area contributed by atoms with E-state index in [1.165, 1.54) is 6.21 Å². The van der Waals surface area contributed by atoms with Crippen molar-refractivity contribution in [2.24, 2.45) is 0 Å². The number of aryl methyl sites for hydroxylation is 1. The molecule has 0 aliphatic rings. The summed E-state index contributed by atoms with van der Waals surface area (Å²) in [5.74, 6) is 0.691. The Kier molecular flexibility index (Phi) is 3.27. The number of anilines is 1. The molecule has 0 saturated heterocycles. The van der Waals surface area contributed by atoms with Crippen molar-refractivity contribution in [3.63, 3.8) is 0 Å². The molecule has 0 bridgehead atoms. The molecule has 0 aliphatic heterocycles. The van der Waals surface area contributed by atoms with Gasteiger partial charge in [0.2, 0.25) is 17.8 Å². The summed E-state index contributed by atoms with van der Waals surface area (Å²) < 4.78 is 5.50. The molecule has 1 aromatic heterocycles. The van der Waals surface area contributed by atoms with Gasteiger partial charge in [0.15, 0.2) is 0 Å². The van der Waals surface area contributed by atoms with Gasteiger partial charge in [0.1, 0.15) is 0 Å². The van der Waals surface area contributed by atoms with E-state index in [9.17, 15) is 5.21 Å². The van der Waals surface area contributed by atoms with Gasteiger partial charge in [-0.1, -0.05) is 5.16 Å². The number of aromatic nitrogens is 2. The van der Waals surface area contributed by atoms with Gasteiger partial charge in [0.25, 0.3) is 5.82 Å². The molecule has 0 fully saturated rings. The first-order chi connectivity index (χ1) is 8.56. The Balaban J connectivity index is 2.23. The third kappa shape index (κ3) is 2.65. The van der Waals surface area contributed by atoms with Crippen LogP contribution in [0.4, 0.5) is 11.4 Å². The van der Waals surface area contributed by atoms with Crippen molar-refractivity contribution in [1.29, 1.82) is 0 Å². The molecule has 2 rings (SSSR count). The van der Waals surface area contributed by atoms with E-state index < -0.39 is 0 Å². The molecule has 0 spiro atoms. The lowest BCUT2D eigenvalue weighted by Gasteiger charge is -2.11. The van der Waals surface area contributed by atoms with Crippen molar-refractivity contribution in [3.05, 3.63) is 41.2 Å². The number of nitrogens with zero attached hydrogens (tertiary/aromatic N) is 4. The minimum absolute atomic E-state index is 0.263. The van der Waals surface area contributed by atoms with Crippen molar-refractivity contribution in [2.75, 3.05) is 19.0 Å². The summed E-state index contributed by atoms with van der Waals surface area (Å²) in [7, 11) is 3.89. The van der Waals surface area contributed by atoms with E-state index in [-0.39, 0.29) is 5.82 Å². The molecule has 0 N–H and O–H groups in total. The molecule has 0 unspecified atom stereocenters. The highest BCUT2D eigenvalue weighted by Gasteiger charge is 2.06. The molecule has 0 amide bonds. The van der Waals surface area contributed by atoms with Crippen molar-refractivity contribution >= 4 is 17.6 Å². The zero-order valence-electron chi connectivity index (χ0n) is 10.5. The third-order valence-corrected chi connectivity index (χ3v) is 2.40. The third-order valence-electron chi connectivity index (χ3n) is 2.40. The first-order valence-electron chi connectivity index (χ1n) is 5.45. The zero-order chi connectivity index (χ0) is 13.1.